The van der Waals surface area contributed by atoms with Crippen molar-refractivity contribution >= 4 is 11.9 Å². The fourth-order valence-corrected chi connectivity index (χ4v) is 12.3. The van der Waals surface area contributed by atoms with Gasteiger partial charge >= 0.3 is 5.97 Å². The third-order valence-electron chi connectivity index (χ3n) is 18.2. The maximum atomic E-state index is 12.6. The van der Waals surface area contributed by atoms with E-state index < -0.39 is 12.1 Å². The molecule has 0 aliphatic heterocycles. The van der Waals surface area contributed by atoms with Crippen molar-refractivity contribution in [1.82, 2.24) is 5.32 Å². The molecule has 0 heterocycles. The Balaban J connectivity index is 3.35. The largest absolute Gasteiger partial charge is 0.466 e. The van der Waals surface area contributed by atoms with Gasteiger partial charge in [0.05, 0.1) is 25.4 Å². The zero-order chi connectivity index (χ0) is 60.6. The lowest BCUT2D eigenvalue weighted by Crippen LogP contribution is -2.45. The Hall–Kier alpha value is -1.66. The van der Waals surface area contributed by atoms with Crippen molar-refractivity contribution in [2.75, 3.05) is 13.2 Å². The molecule has 6 nitrogen and oxygen atoms in total. The minimum atomic E-state index is -0.662. The van der Waals surface area contributed by atoms with Crippen LogP contribution in [0.3, 0.4) is 0 Å². The molecule has 498 valence electrons. The molecule has 0 aromatic carbocycles. The Kier molecular flexibility index (Phi) is 72.3. The fraction of sp³-hybridized carbons (Fsp3) is 0.923. The van der Waals surface area contributed by atoms with Crippen molar-refractivity contribution in [2.45, 2.75) is 450 Å². The second kappa shape index (κ2) is 73.8. The summed E-state index contributed by atoms with van der Waals surface area (Å²) < 4.78 is 5.47. The smallest absolute Gasteiger partial charge is 0.305 e. The van der Waals surface area contributed by atoms with Gasteiger partial charge in [-0.15, -0.1) is 0 Å². The van der Waals surface area contributed by atoms with Gasteiger partial charge in [-0.05, 0) is 70.6 Å². The predicted molar refractivity (Wildman–Crippen MR) is 370 cm³/mol. The number of carbonyl (C=O) groups is 2. The second-order valence-corrected chi connectivity index (χ2v) is 26.7. The number of unbranched alkanes of at least 4 members (excludes halogenated alkanes) is 58. The van der Waals surface area contributed by atoms with Gasteiger partial charge in [-0.1, -0.05) is 378 Å². The average molecular weight is 1180 g/mol. The van der Waals surface area contributed by atoms with E-state index in [0.29, 0.717) is 25.9 Å². The number of carbonyl (C=O) groups excluding carboxylic acids is 2. The summed E-state index contributed by atoms with van der Waals surface area (Å²) in [6.45, 7) is 4.96. The molecule has 1 amide bonds. The summed E-state index contributed by atoms with van der Waals surface area (Å²) in [5.41, 5.74) is 0. The van der Waals surface area contributed by atoms with Crippen LogP contribution in [-0.4, -0.2) is 47.4 Å². The van der Waals surface area contributed by atoms with E-state index in [4.69, 9.17) is 4.74 Å². The van der Waals surface area contributed by atoms with Crippen molar-refractivity contribution in [3.05, 3.63) is 24.3 Å². The van der Waals surface area contributed by atoms with Crippen molar-refractivity contribution in [3.63, 3.8) is 0 Å². The Morgan fingerprint density at radius 3 is 0.881 bits per heavy atom. The maximum Gasteiger partial charge on any atom is 0.305 e. The molecule has 0 rings (SSSR count). The monoisotopic (exact) mass is 1180 g/mol. The summed E-state index contributed by atoms with van der Waals surface area (Å²) in [5.74, 6) is -0.0165. The first kappa shape index (κ1) is 82.3. The molecule has 0 saturated carbocycles. The van der Waals surface area contributed by atoms with Crippen molar-refractivity contribution in [1.29, 1.82) is 0 Å². The van der Waals surface area contributed by atoms with E-state index >= 15 is 0 Å². The number of esters is 1. The lowest BCUT2D eigenvalue weighted by molar-refractivity contribution is -0.143. The van der Waals surface area contributed by atoms with Crippen LogP contribution in [0.4, 0.5) is 0 Å². The fourth-order valence-electron chi connectivity index (χ4n) is 12.3. The molecule has 0 bridgehead atoms. The second-order valence-electron chi connectivity index (χ2n) is 26.7. The summed E-state index contributed by atoms with van der Waals surface area (Å²) in [5, 5.41) is 23.4. The topological polar surface area (TPSA) is 95.9 Å². The van der Waals surface area contributed by atoms with Gasteiger partial charge in [0.15, 0.2) is 0 Å². The van der Waals surface area contributed by atoms with E-state index in [1.54, 1.807) is 0 Å². The first-order valence-corrected chi connectivity index (χ1v) is 38.6. The summed E-state index contributed by atoms with van der Waals surface area (Å²) in [4.78, 5) is 24.6. The van der Waals surface area contributed by atoms with Gasteiger partial charge in [0.25, 0.3) is 0 Å². The lowest BCUT2D eigenvalue weighted by Gasteiger charge is -2.22. The van der Waals surface area contributed by atoms with Gasteiger partial charge in [-0.2, -0.15) is 0 Å². The number of nitrogens with one attached hydrogen (secondary N) is 1. The summed E-state index contributed by atoms with van der Waals surface area (Å²) in [6, 6.07) is -0.539. The van der Waals surface area contributed by atoms with Gasteiger partial charge in [0.2, 0.25) is 5.91 Å². The minimum Gasteiger partial charge on any atom is -0.466 e. The zero-order valence-corrected chi connectivity index (χ0v) is 57.2. The average Bonchev–Trinajstić information content (AvgIpc) is 3.51. The van der Waals surface area contributed by atoms with Gasteiger partial charge in [0.1, 0.15) is 0 Å². The molecule has 84 heavy (non-hydrogen) atoms. The summed E-state index contributed by atoms with van der Waals surface area (Å²) in [6.07, 6.45) is 94.1. The van der Waals surface area contributed by atoms with Crippen molar-refractivity contribution in [2.24, 2.45) is 0 Å². The molecule has 0 aliphatic rings. The van der Waals surface area contributed by atoms with Gasteiger partial charge < -0.3 is 20.3 Å². The van der Waals surface area contributed by atoms with E-state index in [1.165, 1.54) is 360 Å². The molecule has 2 unspecified atom stereocenters. The highest BCUT2D eigenvalue weighted by Gasteiger charge is 2.20. The third kappa shape index (κ3) is 69.4. The molecule has 3 N–H and O–H groups in total. The molecular formula is C78H151NO5. The van der Waals surface area contributed by atoms with E-state index in [0.717, 1.165) is 44.9 Å². The summed E-state index contributed by atoms with van der Waals surface area (Å²) >= 11 is 0. The van der Waals surface area contributed by atoms with Gasteiger partial charge in [-0.3, -0.25) is 9.59 Å². The third-order valence-corrected chi connectivity index (χ3v) is 18.2. The molecule has 6 heteroatoms. The highest BCUT2D eigenvalue weighted by molar-refractivity contribution is 5.76. The Morgan fingerprint density at radius 1 is 0.321 bits per heavy atom. The first-order valence-electron chi connectivity index (χ1n) is 38.6. The molecule has 0 aliphatic carbocycles. The van der Waals surface area contributed by atoms with Crippen LogP contribution in [-0.2, 0) is 14.3 Å². The van der Waals surface area contributed by atoms with Crippen LogP contribution >= 0.6 is 0 Å². The maximum absolute atomic E-state index is 12.6. The van der Waals surface area contributed by atoms with Crippen LogP contribution in [0.25, 0.3) is 0 Å². The number of allylic oxidation sites excluding steroid dienone is 4. The molecule has 0 aromatic heterocycles. The standard InChI is InChI=1S/C78H151NO5/c1-3-5-7-9-11-13-15-16-17-18-19-35-38-41-44-47-51-54-58-62-66-70-76(81)75(74-80)79-77(82)71-67-63-59-55-52-48-45-42-39-36-33-31-29-27-25-23-21-20-22-24-26-28-30-32-34-37-40-43-46-49-53-57-61-65-69-73-84-78(83)72-68-64-60-56-50-14-12-10-8-6-4-2/h10,12,22,24,75-76,80-81H,3-9,11,13-21,23,25-74H2,1-2H3,(H,79,82)/b12-10-,24-22-. The van der Waals surface area contributed by atoms with E-state index in [-0.39, 0.29) is 18.5 Å². The van der Waals surface area contributed by atoms with Crippen LogP contribution in [0.15, 0.2) is 24.3 Å². The van der Waals surface area contributed by atoms with Crippen LogP contribution in [0.1, 0.15) is 438 Å². The molecule has 0 spiro atoms. The van der Waals surface area contributed by atoms with Gasteiger partial charge in [-0.25, -0.2) is 0 Å². The Bertz CT molecular complexity index is 1320. The predicted octanol–water partition coefficient (Wildman–Crippen LogP) is 25.3. The number of rotatable bonds is 73. The van der Waals surface area contributed by atoms with Gasteiger partial charge in [0, 0.05) is 12.8 Å². The number of hydrogen-bond acceptors (Lipinski definition) is 5. The molecule has 0 aromatic rings. The van der Waals surface area contributed by atoms with E-state index in [2.05, 4.69) is 43.5 Å². The van der Waals surface area contributed by atoms with Crippen LogP contribution in [0, 0.1) is 0 Å². The lowest BCUT2D eigenvalue weighted by atomic mass is 10.0. The number of ether oxygens (including phenoxy) is 1. The minimum absolute atomic E-state index is 0.00977. The molecule has 0 saturated heterocycles. The molecular weight excluding hydrogens is 1030 g/mol. The highest BCUT2D eigenvalue weighted by Crippen LogP contribution is 2.20. The quantitative estimate of drug-likeness (QED) is 0.0320. The van der Waals surface area contributed by atoms with Crippen LogP contribution in [0.2, 0.25) is 0 Å². The molecule has 0 fully saturated rings. The Labute approximate surface area is 526 Å². The number of amides is 1. The number of aliphatic hydroxyl groups is 2. The summed E-state index contributed by atoms with van der Waals surface area (Å²) in [7, 11) is 0. The van der Waals surface area contributed by atoms with Crippen molar-refractivity contribution < 1.29 is 24.5 Å². The number of hydrogen-bond donors (Lipinski definition) is 3. The highest BCUT2D eigenvalue weighted by atomic mass is 16.5. The first-order chi connectivity index (χ1) is 41.5. The van der Waals surface area contributed by atoms with Crippen LogP contribution in [0.5, 0.6) is 0 Å². The SMILES string of the molecule is CCCC/C=C\CCCCCCCC(=O)OCCCCCCCCCCCCCCCC/C=C\CCCCCCCCCCCCCCCCCCCC(=O)NC(CO)C(O)CCCCCCCCCCCCCCCCCCCCCCC. The van der Waals surface area contributed by atoms with Crippen molar-refractivity contribution in [3.8, 4) is 0 Å². The normalized spacial score (nSPS) is 12.6. The number of aliphatic hydroxyl groups excluding tert-OH is 2. The molecule has 0 radical (unpaired) electrons. The van der Waals surface area contributed by atoms with Crippen LogP contribution < -0.4 is 5.32 Å². The Morgan fingerprint density at radius 2 is 0.571 bits per heavy atom. The van der Waals surface area contributed by atoms with E-state index in [9.17, 15) is 19.8 Å². The zero-order valence-electron chi connectivity index (χ0n) is 57.2. The van der Waals surface area contributed by atoms with E-state index in [1.807, 2.05) is 0 Å². The molecule has 2 atom stereocenters.